The normalized spacial score (nSPS) is 10.4. The van der Waals surface area contributed by atoms with Gasteiger partial charge in [0.2, 0.25) is 0 Å². The van der Waals surface area contributed by atoms with Crippen molar-refractivity contribution in [2.75, 3.05) is 0 Å². The Morgan fingerprint density at radius 2 is 1.78 bits per heavy atom. The Bertz CT molecular complexity index is 549. The van der Waals surface area contributed by atoms with E-state index in [1.54, 1.807) is 18.2 Å². The summed E-state index contributed by atoms with van der Waals surface area (Å²) in [4.78, 5) is 0. The maximum Gasteiger partial charge on any atom is 0.198 e. The quantitative estimate of drug-likeness (QED) is 0.763. The van der Waals surface area contributed by atoms with Crippen molar-refractivity contribution < 1.29 is 13.5 Å². The molecular weight excluding hydrogens is 258 g/mol. The molecule has 2 rings (SSSR count). The van der Waals surface area contributed by atoms with Gasteiger partial charge >= 0.3 is 0 Å². The first-order valence-electron chi connectivity index (χ1n) is 5.52. The minimum absolute atomic E-state index is 0.234. The van der Waals surface area contributed by atoms with Gasteiger partial charge in [-0.1, -0.05) is 30.7 Å². The highest BCUT2D eigenvalue weighted by molar-refractivity contribution is 6.32. The van der Waals surface area contributed by atoms with Gasteiger partial charge in [-0.2, -0.15) is 0 Å². The van der Waals surface area contributed by atoms with Gasteiger partial charge in [0.25, 0.3) is 0 Å². The fraction of sp³-hybridized carbons (Fsp3) is 0.143. The molecule has 0 aliphatic heterocycles. The molecule has 94 valence electrons. The lowest BCUT2D eigenvalue weighted by Gasteiger charge is -2.10. The second-order valence-corrected chi connectivity index (χ2v) is 4.18. The lowest BCUT2D eigenvalue weighted by Crippen LogP contribution is -1.93. The Morgan fingerprint density at radius 3 is 2.33 bits per heavy atom. The number of hydrogen-bond donors (Lipinski definition) is 0. The summed E-state index contributed by atoms with van der Waals surface area (Å²) < 4.78 is 32.0. The third kappa shape index (κ3) is 2.62. The van der Waals surface area contributed by atoms with E-state index in [9.17, 15) is 8.78 Å². The van der Waals surface area contributed by atoms with Crippen LogP contribution in [0.1, 0.15) is 12.5 Å². The SMILES string of the molecule is CCc1ccc(Oc2c(F)cccc2F)c(Cl)c1. The van der Waals surface area contributed by atoms with Crippen LogP contribution in [0.4, 0.5) is 8.78 Å². The highest BCUT2D eigenvalue weighted by Gasteiger charge is 2.12. The molecule has 2 aromatic rings. The van der Waals surface area contributed by atoms with Crippen LogP contribution in [-0.4, -0.2) is 0 Å². The first-order chi connectivity index (χ1) is 8.61. The van der Waals surface area contributed by atoms with Crippen molar-refractivity contribution in [2.24, 2.45) is 0 Å². The van der Waals surface area contributed by atoms with Crippen molar-refractivity contribution in [1.82, 2.24) is 0 Å². The molecule has 0 saturated heterocycles. The summed E-state index contributed by atoms with van der Waals surface area (Å²) in [6.07, 6.45) is 0.827. The maximum absolute atomic E-state index is 13.4. The second kappa shape index (κ2) is 5.36. The van der Waals surface area contributed by atoms with Gasteiger partial charge in [0.1, 0.15) is 5.75 Å². The standard InChI is InChI=1S/C14H11ClF2O/c1-2-9-6-7-13(10(15)8-9)18-14-11(16)4-3-5-12(14)17/h3-8H,2H2,1H3. The second-order valence-electron chi connectivity index (χ2n) is 3.77. The topological polar surface area (TPSA) is 9.23 Å². The fourth-order valence-corrected chi connectivity index (χ4v) is 1.78. The summed E-state index contributed by atoms with van der Waals surface area (Å²) in [6.45, 7) is 1.99. The number of para-hydroxylation sites is 1. The molecule has 4 heteroatoms. The van der Waals surface area contributed by atoms with E-state index in [0.717, 1.165) is 24.1 Å². The van der Waals surface area contributed by atoms with Gasteiger partial charge in [-0.3, -0.25) is 0 Å². The Morgan fingerprint density at radius 1 is 1.11 bits per heavy atom. The molecule has 0 atom stereocenters. The number of benzene rings is 2. The minimum atomic E-state index is -0.759. The van der Waals surface area contributed by atoms with Crippen molar-refractivity contribution in [1.29, 1.82) is 0 Å². The molecule has 0 bridgehead atoms. The van der Waals surface area contributed by atoms with Gasteiger partial charge < -0.3 is 4.74 Å². The first kappa shape index (κ1) is 12.8. The van der Waals surface area contributed by atoms with Crippen LogP contribution in [0.15, 0.2) is 36.4 Å². The molecule has 0 fully saturated rings. The van der Waals surface area contributed by atoms with Crippen LogP contribution in [0, 0.1) is 11.6 Å². The van der Waals surface area contributed by atoms with Crippen LogP contribution in [0.2, 0.25) is 5.02 Å². The molecule has 0 radical (unpaired) electrons. The van der Waals surface area contributed by atoms with Crippen LogP contribution < -0.4 is 4.74 Å². The molecule has 0 aliphatic carbocycles. The van der Waals surface area contributed by atoms with Crippen molar-refractivity contribution in [2.45, 2.75) is 13.3 Å². The van der Waals surface area contributed by atoms with Crippen LogP contribution in [0.5, 0.6) is 11.5 Å². The molecule has 1 nitrogen and oxygen atoms in total. The van der Waals surface area contributed by atoms with Gasteiger partial charge in [0.15, 0.2) is 17.4 Å². The predicted octanol–water partition coefficient (Wildman–Crippen LogP) is 4.97. The minimum Gasteiger partial charge on any atom is -0.450 e. The molecule has 0 aromatic heterocycles. The van der Waals surface area contributed by atoms with Gasteiger partial charge in [-0.05, 0) is 36.2 Å². The first-order valence-corrected chi connectivity index (χ1v) is 5.90. The number of rotatable bonds is 3. The van der Waals surface area contributed by atoms with Crippen LogP contribution >= 0.6 is 11.6 Å². The molecule has 0 unspecified atom stereocenters. The van der Waals surface area contributed by atoms with Crippen molar-refractivity contribution >= 4 is 11.6 Å². The summed E-state index contributed by atoms with van der Waals surface area (Å²) in [5.74, 6) is -1.72. The smallest absolute Gasteiger partial charge is 0.198 e. The summed E-state index contributed by atoms with van der Waals surface area (Å²) in [7, 11) is 0. The lowest BCUT2D eigenvalue weighted by atomic mass is 10.2. The Hall–Kier alpha value is -1.61. The van der Waals surface area contributed by atoms with Crippen LogP contribution in [-0.2, 0) is 6.42 Å². The maximum atomic E-state index is 13.4. The van der Waals surface area contributed by atoms with Crippen LogP contribution in [0.25, 0.3) is 0 Å². The zero-order valence-electron chi connectivity index (χ0n) is 9.71. The van der Waals surface area contributed by atoms with E-state index in [1.165, 1.54) is 6.07 Å². The van der Waals surface area contributed by atoms with Gasteiger partial charge in [0.05, 0.1) is 5.02 Å². The molecule has 2 aromatic carbocycles. The Balaban J connectivity index is 2.34. The molecule has 0 heterocycles. The number of halogens is 3. The van der Waals surface area contributed by atoms with E-state index in [4.69, 9.17) is 16.3 Å². The molecule has 0 saturated carbocycles. The third-order valence-corrected chi connectivity index (χ3v) is 2.83. The summed E-state index contributed by atoms with van der Waals surface area (Å²) in [5, 5.41) is 0.331. The number of ether oxygens (including phenoxy) is 1. The van der Waals surface area contributed by atoms with E-state index in [2.05, 4.69) is 0 Å². The molecule has 0 amide bonds. The average Bonchev–Trinajstić information content (AvgIpc) is 2.35. The van der Waals surface area contributed by atoms with Crippen LogP contribution in [0.3, 0.4) is 0 Å². The van der Waals surface area contributed by atoms with Crippen molar-refractivity contribution in [3.63, 3.8) is 0 Å². The zero-order valence-corrected chi connectivity index (χ0v) is 10.5. The fourth-order valence-electron chi connectivity index (χ4n) is 1.54. The van der Waals surface area contributed by atoms with E-state index >= 15 is 0 Å². The summed E-state index contributed by atoms with van der Waals surface area (Å²) >= 11 is 5.99. The average molecular weight is 269 g/mol. The highest BCUT2D eigenvalue weighted by Crippen LogP contribution is 2.33. The van der Waals surface area contributed by atoms with Crippen molar-refractivity contribution in [3.05, 3.63) is 58.6 Å². The van der Waals surface area contributed by atoms with Crippen molar-refractivity contribution in [3.8, 4) is 11.5 Å². The van der Waals surface area contributed by atoms with E-state index in [0.29, 0.717) is 5.02 Å². The predicted molar refractivity (Wildman–Crippen MR) is 67.3 cm³/mol. The summed E-state index contributed by atoms with van der Waals surface area (Å²) in [6, 6.07) is 8.67. The number of hydrogen-bond acceptors (Lipinski definition) is 1. The molecule has 0 spiro atoms. The zero-order chi connectivity index (χ0) is 13.1. The summed E-state index contributed by atoms with van der Waals surface area (Å²) in [5.41, 5.74) is 1.03. The van der Waals surface area contributed by atoms with E-state index in [-0.39, 0.29) is 5.75 Å². The highest BCUT2D eigenvalue weighted by atomic mass is 35.5. The van der Waals surface area contributed by atoms with Gasteiger partial charge in [0, 0.05) is 0 Å². The Kier molecular flexibility index (Phi) is 3.82. The molecular formula is C14H11ClF2O. The monoisotopic (exact) mass is 268 g/mol. The molecule has 0 N–H and O–H groups in total. The van der Waals surface area contributed by atoms with E-state index in [1.807, 2.05) is 6.92 Å². The lowest BCUT2D eigenvalue weighted by molar-refractivity contribution is 0.407. The largest absolute Gasteiger partial charge is 0.450 e. The molecule has 18 heavy (non-hydrogen) atoms. The third-order valence-electron chi connectivity index (χ3n) is 2.54. The van der Waals surface area contributed by atoms with Gasteiger partial charge in [-0.25, -0.2) is 8.78 Å². The molecule has 0 aliphatic rings. The van der Waals surface area contributed by atoms with Gasteiger partial charge in [-0.15, -0.1) is 0 Å². The van der Waals surface area contributed by atoms with E-state index < -0.39 is 17.4 Å². The Labute approximate surface area is 109 Å². The number of aryl methyl sites for hydroxylation is 1.